The average Bonchev–Trinajstić information content (AvgIpc) is 2.86. The maximum absolute atomic E-state index is 6.52. The summed E-state index contributed by atoms with van der Waals surface area (Å²) in [5, 5.41) is 3.45. The van der Waals surface area contributed by atoms with Crippen LogP contribution in [0.3, 0.4) is 0 Å². The molecule has 0 spiro atoms. The van der Waals surface area contributed by atoms with E-state index in [4.69, 9.17) is 14.2 Å². The Bertz CT molecular complexity index is 1080. The lowest BCUT2D eigenvalue weighted by molar-refractivity contribution is 0.122. The van der Waals surface area contributed by atoms with Gasteiger partial charge in [0.25, 0.3) is 0 Å². The largest absolute Gasteiger partial charge is 0.488 e. The summed E-state index contributed by atoms with van der Waals surface area (Å²) < 4.78 is 17.6. The van der Waals surface area contributed by atoms with Crippen molar-refractivity contribution in [3.63, 3.8) is 0 Å². The Balaban J connectivity index is 1.21. The number of benzene rings is 1. The first-order chi connectivity index (χ1) is 16.6. The molecular formula is C25H32N6O3. The molecule has 3 heterocycles. The summed E-state index contributed by atoms with van der Waals surface area (Å²) in [6.07, 6.45) is 11.0. The van der Waals surface area contributed by atoms with Crippen LogP contribution in [0.4, 0.5) is 11.6 Å². The highest BCUT2D eigenvalue weighted by atomic mass is 16.5. The van der Waals surface area contributed by atoms with Gasteiger partial charge in [-0.15, -0.1) is 0 Å². The zero-order valence-electron chi connectivity index (χ0n) is 19.8. The molecule has 9 nitrogen and oxygen atoms in total. The number of ether oxygens (including phenoxy) is 3. The fourth-order valence-corrected chi connectivity index (χ4v) is 4.53. The van der Waals surface area contributed by atoms with Crippen molar-refractivity contribution >= 4 is 22.7 Å². The van der Waals surface area contributed by atoms with Gasteiger partial charge in [0.15, 0.2) is 5.75 Å². The summed E-state index contributed by atoms with van der Waals surface area (Å²) in [5.41, 5.74) is 2.79. The van der Waals surface area contributed by atoms with E-state index in [9.17, 15) is 0 Å². The molecule has 1 aliphatic heterocycles. The molecular weight excluding hydrogens is 432 g/mol. The van der Waals surface area contributed by atoms with Crippen LogP contribution in [0.5, 0.6) is 11.5 Å². The molecule has 5 rings (SSSR count). The monoisotopic (exact) mass is 464 g/mol. The Morgan fingerprint density at radius 3 is 2.44 bits per heavy atom. The van der Waals surface area contributed by atoms with Crippen LogP contribution in [0.15, 0.2) is 36.9 Å². The van der Waals surface area contributed by atoms with Crippen LogP contribution < -0.4 is 19.7 Å². The van der Waals surface area contributed by atoms with Gasteiger partial charge in [0.1, 0.15) is 11.3 Å². The molecule has 0 atom stereocenters. The lowest BCUT2D eigenvalue weighted by Gasteiger charge is -2.31. The summed E-state index contributed by atoms with van der Waals surface area (Å²) in [7, 11) is 0. The number of anilines is 2. The van der Waals surface area contributed by atoms with Crippen molar-refractivity contribution in [2.45, 2.75) is 57.8 Å². The lowest BCUT2D eigenvalue weighted by atomic mass is 9.93. The van der Waals surface area contributed by atoms with E-state index in [1.807, 2.05) is 13.8 Å². The van der Waals surface area contributed by atoms with E-state index in [1.54, 1.807) is 24.8 Å². The molecule has 9 heteroatoms. The lowest BCUT2D eigenvalue weighted by Crippen LogP contribution is -2.36. The standard InChI is InChI=1S/C25H32N6O3/c1-17(2)33-21-15-28-25(29-16-21)30-18-3-5-20(6-4-18)34-23-14-19(31-9-11-32-12-10-31)13-22-24(23)27-8-7-26-22/h7-8,13-18,20H,3-6,9-12H2,1-2H3,(H,28,29,30)/t18-,20+. The van der Waals surface area contributed by atoms with Gasteiger partial charge in [-0.05, 0) is 45.6 Å². The van der Waals surface area contributed by atoms with Gasteiger partial charge in [0.2, 0.25) is 5.95 Å². The minimum absolute atomic E-state index is 0.107. The van der Waals surface area contributed by atoms with Gasteiger partial charge in [0, 0.05) is 43.3 Å². The molecule has 1 aromatic carbocycles. The van der Waals surface area contributed by atoms with Gasteiger partial charge in [-0.25, -0.2) is 15.0 Å². The highest BCUT2D eigenvalue weighted by molar-refractivity contribution is 5.85. The zero-order chi connectivity index (χ0) is 23.3. The molecule has 0 bridgehead atoms. The smallest absolute Gasteiger partial charge is 0.223 e. The molecule has 1 saturated heterocycles. The maximum Gasteiger partial charge on any atom is 0.223 e. The SMILES string of the molecule is CC(C)Oc1cnc(N[C@H]2CC[C@@H](Oc3cc(N4CCOCC4)cc4nccnc34)CC2)nc1. The Labute approximate surface area is 199 Å². The molecule has 0 amide bonds. The van der Waals surface area contributed by atoms with Crippen LogP contribution in [-0.2, 0) is 4.74 Å². The molecule has 2 fully saturated rings. The van der Waals surface area contributed by atoms with Crippen LogP contribution in [0.1, 0.15) is 39.5 Å². The predicted molar refractivity (Wildman–Crippen MR) is 131 cm³/mol. The Kier molecular flexibility index (Phi) is 6.89. The van der Waals surface area contributed by atoms with Gasteiger partial charge in [-0.3, -0.25) is 4.98 Å². The van der Waals surface area contributed by atoms with Crippen molar-refractivity contribution in [3.05, 3.63) is 36.9 Å². The Morgan fingerprint density at radius 1 is 0.971 bits per heavy atom. The van der Waals surface area contributed by atoms with Crippen molar-refractivity contribution in [1.29, 1.82) is 0 Å². The highest BCUT2D eigenvalue weighted by Crippen LogP contribution is 2.33. The Hall–Kier alpha value is -3.20. The van der Waals surface area contributed by atoms with Crippen molar-refractivity contribution in [1.82, 2.24) is 19.9 Å². The molecule has 34 heavy (non-hydrogen) atoms. The molecule has 0 radical (unpaired) electrons. The van der Waals surface area contributed by atoms with E-state index < -0.39 is 0 Å². The number of fused-ring (bicyclic) bond motifs is 1. The minimum atomic E-state index is 0.107. The third-order valence-electron chi connectivity index (χ3n) is 6.20. The van der Waals surface area contributed by atoms with Crippen molar-refractivity contribution in [2.24, 2.45) is 0 Å². The minimum Gasteiger partial charge on any atom is -0.488 e. The van der Waals surface area contributed by atoms with Gasteiger partial charge in [-0.1, -0.05) is 0 Å². The van der Waals surface area contributed by atoms with E-state index in [-0.39, 0.29) is 12.2 Å². The van der Waals surface area contributed by atoms with Gasteiger partial charge in [0.05, 0.1) is 43.3 Å². The summed E-state index contributed by atoms with van der Waals surface area (Å²) in [5.74, 6) is 2.14. The fourth-order valence-electron chi connectivity index (χ4n) is 4.53. The van der Waals surface area contributed by atoms with Crippen LogP contribution in [0, 0.1) is 0 Å². The second-order valence-corrected chi connectivity index (χ2v) is 9.11. The van der Waals surface area contributed by atoms with Gasteiger partial charge >= 0.3 is 0 Å². The molecule has 1 saturated carbocycles. The molecule has 0 unspecified atom stereocenters. The van der Waals surface area contributed by atoms with E-state index in [0.29, 0.717) is 17.7 Å². The first kappa shape index (κ1) is 22.6. The number of aromatic nitrogens is 4. The third kappa shape index (κ3) is 5.47. The zero-order valence-corrected chi connectivity index (χ0v) is 19.8. The number of morpholine rings is 1. The molecule has 2 aromatic heterocycles. The van der Waals surface area contributed by atoms with Crippen LogP contribution in [-0.4, -0.2) is 64.5 Å². The van der Waals surface area contributed by atoms with Crippen molar-refractivity contribution < 1.29 is 14.2 Å². The molecule has 3 aromatic rings. The first-order valence-corrected chi connectivity index (χ1v) is 12.1. The van der Waals surface area contributed by atoms with Crippen molar-refractivity contribution in [3.8, 4) is 11.5 Å². The summed E-state index contributed by atoms with van der Waals surface area (Å²) in [6, 6.07) is 4.54. The molecule has 2 aliphatic rings. The number of hydrogen-bond donors (Lipinski definition) is 1. The third-order valence-corrected chi connectivity index (χ3v) is 6.20. The van der Waals surface area contributed by atoms with E-state index in [2.05, 4.69) is 42.3 Å². The quantitative estimate of drug-likeness (QED) is 0.559. The predicted octanol–water partition coefficient (Wildman–Crippen LogP) is 3.85. The number of nitrogens with one attached hydrogen (secondary N) is 1. The summed E-state index contributed by atoms with van der Waals surface area (Å²) in [4.78, 5) is 20.2. The van der Waals surface area contributed by atoms with Crippen molar-refractivity contribution in [2.75, 3.05) is 36.5 Å². The second-order valence-electron chi connectivity index (χ2n) is 9.11. The molecule has 1 aliphatic carbocycles. The van der Waals surface area contributed by atoms with Gasteiger partial charge in [-0.2, -0.15) is 0 Å². The number of hydrogen-bond acceptors (Lipinski definition) is 9. The number of nitrogens with zero attached hydrogens (tertiary/aromatic N) is 5. The van der Waals surface area contributed by atoms with E-state index >= 15 is 0 Å². The average molecular weight is 465 g/mol. The topological polar surface area (TPSA) is 94.5 Å². The summed E-state index contributed by atoms with van der Waals surface area (Å²) >= 11 is 0. The summed E-state index contributed by atoms with van der Waals surface area (Å²) in [6.45, 7) is 7.19. The second kappa shape index (κ2) is 10.4. The van der Waals surface area contributed by atoms with Crippen LogP contribution >= 0.6 is 0 Å². The number of rotatable bonds is 7. The molecule has 1 N–H and O–H groups in total. The van der Waals surface area contributed by atoms with E-state index in [1.165, 1.54) is 0 Å². The fraction of sp³-hybridized carbons (Fsp3) is 0.520. The van der Waals surface area contributed by atoms with E-state index in [0.717, 1.165) is 74.5 Å². The highest BCUT2D eigenvalue weighted by Gasteiger charge is 2.24. The molecule has 180 valence electrons. The Morgan fingerprint density at radius 2 is 1.71 bits per heavy atom. The van der Waals surface area contributed by atoms with Gasteiger partial charge < -0.3 is 24.4 Å². The van der Waals surface area contributed by atoms with Crippen LogP contribution in [0.2, 0.25) is 0 Å². The normalized spacial score (nSPS) is 21.0. The first-order valence-electron chi connectivity index (χ1n) is 12.1. The van der Waals surface area contributed by atoms with Crippen LogP contribution in [0.25, 0.3) is 11.0 Å². The maximum atomic E-state index is 6.52.